The average molecular weight is 308 g/mol. The fourth-order valence-electron chi connectivity index (χ4n) is 2.76. The lowest BCUT2D eigenvalue weighted by atomic mass is 9.95. The van der Waals surface area contributed by atoms with Gasteiger partial charge in [-0.3, -0.25) is 9.59 Å². The maximum absolute atomic E-state index is 12.2. The van der Waals surface area contributed by atoms with Crippen LogP contribution in [0.25, 0.3) is 0 Å². The highest BCUT2D eigenvalue weighted by atomic mass is 32.2. The molecule has 0 saturated carbocycles. The average Bonchev–Trinajstić information content (AvgIpc) is 2.77. The number of aromatic amines is 1. The van der Waals surface area contributed by atoms with Crippen molar-refractivity contribution in [2.24, 2.45) is 0 Å². The first kappa shape index (κ1) is 14.1. The molecule has 7 heteroatoms. The zero-order valence-electron chi connectivity index (χ0n) is 11.4. The Morgan fingerprint density at radius 3 is 2.76 bits per heavy atom. The van der Waals surface area contributed by atoms with Crippen molar-refractivity contribution in [3.05, 3.63) is 44.7 Å². The third-order valence-electron chi connectivity index (χ3n) is 3.83. The molecule has 2 heterocycles. The summed E-state index contributed by atoms with van der Waals surface area (Å²) in [7, 11) is -3.23. The first-order valence-electron chi connectivity index (χ1n) is 6.91. The largest absolute Gasteiger partial charge is 0.345 e. The molecule has 1 aromatic rings. The number of carbonyl (C=O) groups is 1. The van der Waals surface area contributed by atoms with Crippen molar-refractivity contribution >= 4 is 15.7 Å². The number of carbonyl (C=O) groups excluding carboxylic acids is 1. The van der Waals surface area contributed by atoms with Crippen LogP contribution in [0.5, 0.6) is 0 Å². The van der Waals surface area contributed by atoms with Gasteiger partial charge in [0.1, 0.15) is 5.56 Å². The van der Waals surface area contributed by atoms with Crippen LogP contribution in [0.3, 0.4) is 0 Å². The van der Waals surface area contributed by atoms with Crippen molar-refractivity contribution in [1.29, 1.82) is 0 Å². The van der Waals surface area contributed by atoms with Gasteiger partial charge in [-0.1, -0.05) is 0 Å². The molecule has 6 nitrogen and oxygen atoms in total. The molecule has 0 radical (unpaired) electrons. The second-order valence-corrected chi connectivity index (χ2v) is 7.39. The maximum atomic E-state index is 12.2. The van der Waals surface area contributed by atoms with E-state index in [9.17, 15) is 18.0 Å². The lowest BCUT2D eigenvalue weighted by Crippen LogP contribution is -2.38. The number of H-pyrrole nitrogens is 1. The zero-order valence-corrected chi connectivity index (χ0v) is 12.2. The second kappa shape index (κ2) is 5.14. The summed E-state index contributed by atoms with van der Waals surface area (Å²) in [5, 5.41) is 3.67. The number of sulfone groups is 1. The van der Waals surface area contributed by atoms with Crippen LogP contribution in [0.1, 0.15) is 34.5 Å². The van der Waals surface area contributed by atoms with Crippen LogP contribution in [0.15, 0.2) is 22.3 Å². The van der Waals surface area contributed by atoms with Crippen LogP contribution in [0, 0.1) is 0 Å². The summed E-state index contributed by atoms with van der Waals surface area (Å²) in [4.78, 5) is 26.9. The Kier molecular flexibility index (Phi) is 3.44. The van der Waals surface area contributed by atoms with Gasteiger partial charge in [-0.2, -0.15) is 0 Å². The van der Waals surface area contributed by atoms with Crippen molar-refractivity contribution in [2.75, 3.05) is 5.75 Å². The van der Waals surface area contributed by atoms with Gasteiger partial charge >= 0.3 is 0 Å². The number of nitrogens with one attached hydrogen (secondary N) is 2. The van der Waals surface area contributed by atoms with Gasteiger partial charge in [0.25, 0.3) is 11.5 Å². The summed E-state index contributed by atoms with van der Waals surface area (Å²) >= 11 is 0. The SMILES string of the molecule is O=C(N[C@@H]1C=CS(=O)(=O)C1)c1cc2c([nH]c1=O)CCCC2. The number of pyridine rings is 1. The third-order valence-corrected chi connectivity index (χ3v) is 5.22. The monoisotopic (exact) mass is 308 g/mol. The number of amides is 1. The molecule has 21 heavy (non-hydrogen) atoms. The Balaban J connectivity index is 1.82. The molecule has 1 amide bonds. The molecule has 2 N–H and O–H groups in total. The van der Waals surface area contributed by atoms with Gasteiger partial charge < -0.3 is 10.3 Å². The van der Waals surface area contributed by atoms with E-state index in [0.29, 0.717) is 0 Å². The third kappa shape index (κ3) is 2.92. The van der Waals surface area contributed by atoms with E-state index < -0.39 is 27.3 Å². The Bertz CT molecular complexity index is 777. The molecule has 0 saturated heterocycles. The Morgan fingerprint density at radius 2 is 2.05 bits per heavy atom. The van der Waals surface area contributed by atoms with Gasteiger partial charge in [0.05, 0.1) is 11.8 Å². The van der Waals surface area contributed by atoms with Crippen molar-refractivity contribution < 1.29 is 13.2 Å². The van der Waals surface area contributed by atoms with E-state index in [1.165, 1.54) is 6.08 Å². The molecule has 0 bridgehead atoms. The molecular weight excluding hydrogens is 292 g/mol. The van der Waals surface area contributed by atoms with Gasteiger partial charge in [0, 0.05) is 11.1 Å². The minimum atomic E-state index is -3.23. The van der Waals surface area contributed by atoms with Crippen LogP contribution >= 0.6 is 0 Å². The van der Waals surface area contributed by atoms with E-state index in [4.69, 9.17) is 0 Å². The lowest BCUT2D eigenvalue weighted by Gasteiger charge is -2.16. The molecule has 1 aliphatic heterocycles. The molecule has 3 rings (SSSR count). The molecule has 1 atom stereocenters. The molecule has 0 fully saturated rings. The molecule has 112 valence electrons. The number of aromatic nitrogens is 1. The number of hydrogen-bond donors (Lipinski definition) is 2. The smallest absolute Gasteiger partial charge is 0.261 e. The summed E-state index contributed by atoms with van der Waals surface area (Å²) in [5.41, 5.74) is 1.54. The minimum Gasteiger partial charge on any atom is -0.345 e. The van der Waals surface area contributed by atoms with Crippen LogP contribution in [0.4, 0.5) is 0 Å². The summed E-state index contributed by atoms with van der Waals surface area (Å²) in [5.74, 6) is -0.682. The summed E-state index contributed by atoms with van der Waals surface area (Å²) in [6, 6.07) is 1.06. The fourth-order valence-corrected chi connectivity index (χ4v) is 3.99. The van der Waals surface area contributed by atoms with Gasteiger partial charge in [0.15, 0.2) is 9.84 Å². The molecule has 0 spiro atoms. The number of rotatable bonds is 2. The molecule has 0 aromatic carbocycles. The number of aryl methyl sites for hydroxylation is 2. The van der Waals surface area contributed by atoms with Crippen LogP contribution in [-0.2, 0) is 22.7 Å². The van der Waals surface area contributed by atoms with Crippen LogP contribution in [-0.4, -0.2) is 31.1 Å². The normalized spacial score (nSPS) is 22.8. The van der Waals surface area contributed by atoms with Crippen molar-refractivity contribution in [3.63, 3.8) is 0 Å². The van der Waals surface area contributed by atoms with E-state index in [2.05, 4.69) is 10.3 Å². The standard InChI is InChI=1S/C14H16N2O4S/c17-13(15-10-5-6-21(19,20)8-10)11-7-9-3-1-2-4-12(9)16-14(11)18/h5-7,10H,1-4,8H2,(H,15,17)(H,16,18)/t10-/m1/s1. The van der Waals surface area contributed by atoms with Gasteiger partial charge in [0.2, 0.25) is 0 Å². The zero-order chi connectivity index (χ0) is 15.0. The number of hydrogen-bond acceptors (Lipinski definition) is 4. The van der Waals surface area contributed by atoms with Gasteiger partial charge in [-0.05, 0) is 43.4 Å². The van der Waals surface area contributed by atoms with E-state index in [-0.39, 0.29) is 11.3 Å². The van der Waals surface area contributed by atoms with Crippen LogP contribution < -0.4 is 10.9 Å². The van der Waals surface area contributed by atoms with Crippen molar-refractivity contribution in [2.45, 2.75) is 31.7 Å². The van der Waals surface area contributed by atoms with E-state index >= 15 is 0 Å². The highest BCUT2D eigenvalue weighted by Gasteiger charge is 2.25. The maximum Gasteiger partial charge on any atom is 0.261 e. The van der Waals surface area contributed by atoms with Crippen molar-refractivity contribution in [1.82, 2.24) is 10.3 Å². The fraction of sp³-hybridized carbons (Fsp3) is 0.429. The predicted molar refractivity (Wildman–Crippen MR) is 77.9 cm³/mol. The molecule has 1 aromatic heterocycles. The quantitative estimate of drug-likeness (QED) is 0.821. The first-order chi connectivity index (χ1) is 9.94. The molecule has 0 unspecified atom stereocenters. The lowest BCUT2D eigenvalue weighted by molar-refractivity contribution is 0.0946. The summed E-state index contributed by atoms with van der Waals surface area (Å²) in [6.07, 6.45) is 5.20. The van der Waals surface area contributed by atoms with E-state index in [1.807, 2.05) is 0 Å². The van der Waals surface area contributed by atoms with Gasteiger partial charge in [-0.15, -0.1) is 0 Å². The second-order valence-electron chi connectivity index (χ2n) is 5.46. The molecular formula is C14H16N2O4S. The molecule has 1 aliphatic carbocycles. The minimum absolute atomic E-state index is 0.0494. The highest BCUT2D eigenvalue weighted by molar-refractivity contribution is 7.94. The first-order valence-corrected chi connectivity index (χ1v) is 8.63. The predicted octanol–water partition coefficient (Wildman–Crippen LogP) is 0.294. The Morgan fingerprint density at radius 1 is 1.29 bits per heavy atom. The Hall–Kier alpha value is -1.89. The van der Waals surface area contributed by atoms with Gasteiger partial charge in [-0.25, -0.2) is 8.42 Å². The number of fused-ring (bicyclic) bond motifs is 1. The van der Waals surface area contributed by atoms with E-state index in [0.717, 1.165) is 42.3 Å². The topological polar surface area (TPSA) is 96.1 Å². The Labute approximate surface area is 122 Å². The van der Waals surface area contributed by atoms with E-state index in [1.54, 1.807) is 6.07 Å². The molecule has 2 aliphatic rings. The van der Waals surface area contributed by atoms with Crippen LogP contribution in [0.2, 0.25) is 0 Å². The highest BCUT2D eigenvalue weighted by Crippen LogP contribution is 2.18. The summed E-state index contributed by atoms with van der Waals surface area (Å²) < 4.78 is 22.6. The summed E-state index contributed by atoms with van der Waals surface area (Å²) in [6.45, 7) is 0. The van der Waals surface area contributed by atoms with Crippen molar-refractivity contribution in [3.8, 4) is 0 Å².